The average molecular weight is 280 g/mol. The molecular formula is C8H8Br2O. The van der Waals surface area contributed by atoms with Crippen LogP contribution in [0.4, 0.5) is 0 Å². The van der Waals surface area contributed by atoms with Gasteiger partial charge in [0, 0.05) is 8.95 Å². The maximum Gasteiger partial charge on any atom is 0.0772 e. The first-order valence-corrected chi connectivity index (χ1v) is 4.83. The van der Waals surface area contributed by atoms with Crippen LogP contribution in [0.2, 0.25) is 0 Å². The van der Waals surface area contributed by atoms with E-state index in [2.05, 4.69) is 31.9 Å². The summed E-state index contributed by atoms with van der Waals surface area (Å²) in [4.78, 5) is 0. The molecule has 0 radical (unpaired) electrons. The molecule has 1 N–H and O–H groups in total. The van der Waals surface area contributed by atoms with Gasteiger partial charge in [0.15, 0.2) is 0 Å². The highest BCUT2D eigenvalue weighted by Gasteiger charge is 2.04. The maximum atomic E-state index is 9.25. The smallest absolute Gasteiger partial charge is 0.0772 e. The first-order chi connectivity index (χ1) is 5.11. The van der Waals surface area contributed by atoms with E-state index in [-0.39, 0.29) is 0 Å². The third-order valence-electron chi connectivity index (χ3n) is 1.41. The lowest BCUT2D eigenvalue weighted by molar-refractivity contribution is 0.198. The van der Waals surface area contributed by atoms with Gasteiger partial charge < -0.3 is 5.11 Å². The lowest BCUT2D eigenvalue weighted by Gasteiger charge is -2.06. The van der Waals surface area contributed by atoms with Gasteiger partial charge in [-0.3, -0.25) is 0 Å². The SMILES string of the molecule is C[C@H](O)c1ccc(Br)cc1Br. The second-order valence-corrected chi connectivity index (χ2v) is 4.11. The van der Waals surface area contributed by atoms with E-state index in [4.69, 9.17) is 0 Å². The molecule has 0 aliphatic carbocycles. The van der Waals surface area contributed by atoms with Crippen LogP contribution >= 0.6 is 31.9 Å². The van der Waals surface area contributed by atoms with Crippen LogP contribution in [0, 0.1) is 0 Å². The van der Waals surface area contributed by atoms with Crippen molar-refractivity contribution in [2.45, 2.75) is 13.0 Å². The number of aliphatic hydroxyl groups excluding tert-OH is 1. The summed E-state index contributed by atoms with van der Waals surface area (Å²) in [5.41, 5.74) is 0.910. The molecule has 1 aromatic carbocycles. The Kier molecular flexibility index (Phi) is 3.10. The molecule has 0 unspecified atom stereocenters. The van der Waals surface area contributed by atoms with Gasteiger partial charge in [0.25, 0.3) is 0 Å². The molecule has 0 aliphatic heterocycles. The van der Waals surface area contributed by atoms with E-state index in [9.17, 15) is 5.11 Å². The lowest BCUT2D eigenvalue weighted by atomic mass is 10.1. The minimum atomic E-state index is -0.419. The molecule has 0 heterocycles. The molecule has 0 bridgehead atoms. The Balaban J connectivity index is 3.09. The summed E-state index contributed by atoms with van der Waals surface area (Å²) in [5, 5.41) is 9.25. The second-order valence-electron chi connectivity index (χ2n) is 2.34. The van der Waals surface area contributed by atoms with Crippen molar-refractivity contribution in [2.75, 3.05) is 0 Å². The van der Waals surface area contributed by atoms with Crippen LogP contribution in [0.1, 0.15) is 18.6 Å². The minimum absolute atomic E-state index is 0.419. The third-order valence-corrected chi connectivity index (χ3v) is 2.59. The van der Waals surface area contributed by atoms with Gasteiger partial charge in [-0.25, -0.2) is 0 Å². The molecule has 0 saturated carbocycles. The first-order valence-electron chi connectivity index (χ1n) is 3.24. The summed E-state index contributed by atoms with van der Waals surface area (Å²) in [7, 11) is 0. The molecule has 60 valence electrons. The van der Waals surface area contributed by atoms with Crippen molar-refractivity contribution in [3.63, 3.8) is 0 Å². The van der Waals surface area contributed by atoms with Crippen LogP contribution in [0.25, 0.3) is 0 Å². The first kappa shape index (κ1) is 9.23. The highest BCUT2D eigenvalue weighted by molar-refractivity contribution is 9.11. The number of hydrogen-bond acceptors (Lipinski definition) is 1. The zero-order valence-electron chi connectivity index (χ0n) is 6.01. The predicted molar refractivity (Wildman–Crippen MR) is 52.5 cm³/mol. The van der Waals surface area contributed by atoms with Crippen molar-refractivity contribution < 1.29 is 5.11 Å². The van der Waals surface area contributed by atoms with Gasteiger partial charge in [-0.2, -0.15) is 0 Å². The molecule has 1 rings (SSSR count). The fraction of sp³-hybridized carbons (Fsp3) is 0.250. The fourth-order valence-corrected chi connectivity index (χ4v) is 2.22. The Labute approximate surface area is 82.7 Å². The molecule has 11 heavy (non-hydrogen) atoms. The normalized spacial score (nSPS) is 13.1. The van der Waals surface area contributed by atoms with Crippen molar-refractivity contribution in [1.82, 2.24) is 0 Å². The van der Waals surface area contributed by atoms with Crippen molar-refractivity contribution in [3.05, 3.63) is 32.7 Å². The van der Waals surface area contributed by atoms with Crippen molar-refractivity contribution in [1.29, 1.82) is 0 Å². The van der Waals surface area contributed by atoms with E-state index < -0.39 is 6.10 Å². The second kappa shape index (κ2) is 3.70. The molecule has 0 fully saturated rings. The zero-order chi connectivity index (χ0) is 8.43. The highest BCUT2D eigenvalue weighted by Crippen LogP contribution is 2.26. The van der Waals surface area contributed by atoms with Gasteiger partial charge in [0.1, 0.15) is 0 Å². The van der Waals surface area contributed by atoms with Gasteiger partial charge in [-0.05, 0) is 24.6 Å². The number of aliphatic hydroxyl groups is 1. The summed E-state index contributed by atoms with van der Waals surface area (Å²) < 4.78 is 1.94. The van der Waals surface area contributed by atoms with Crippen LogP contribution in [0.3, 0.4) is 0 Å². The van der Waals surface area contributed by atoms with Crippen molar-refractivity contribution in [2.24, 2.45) is 0 Å². The molecule has 0 saturated heterocycles. The minimum Gasteiger partial charge on any atom is -0.389 e. The number of halogens is 2. The van der Waals surface area contributed by atoms with Gasteiger partial charge in [-0.15, -0.1) is 0 Å². The standard InChI is InChI=1S/C8H8Br2O/c1-5(11)7-3-2-6(9)4-8(7)10/h2-5,11H,1H3/t5-/m0/s1. The van der Waals surface area contributed by atoms with Gasteiger partial charge >= 0.3 is 0 Å². The topological polar surface area (TPSA) is 20.2 Å². The molecule has 0 aliphatic rings. The molecule has 1 nitrogen and oxygen atoms in total. The average Bonchev–Trinajstić information content (AvgIpc) is 1.85. The van der Waals surface area contributed by atoms with Crippen LogP contribution in [0.5, 0.6) is 0 Å². The van der Waals surface area contributed by atoms with E-state index in [0.717, 1.165) is 14.5 Å². The monoisotopic (exact) mass is 278 g/mol. The summed E-state index contributed by atoms with van der Waals surface area (Å²) in [6, 6.07) is 5.72. The summed E-state index contributed by atoms with van der Waals surface area (Å²) in [5.74, 6) is 0. The fourth-order valence-electron chi connectivity index (χ4n) is 0.840. The van der Waals surface area contributed by atoms with Crippen LogP contribution < -0.4 is 0 Å². The molecule has 1 atom stereocenters. The predicted octanol–water partition coefficient (Wildman–Crippen LogP) is 3.26. The van der Waals surface area contributed by atoms with Gasteiger partial charge in [0.2, 0.25) is 0 Å². The lowest BCUT2D eigenvalue weighted by Crippen LogP contribution is -1.91. The van der Waals surface area contributed by atoms with E-state index in [1.54, 1.807) is 6.92 Å². The molecule has 0 amide bonds. The third kappa shape index (κ3) is 2.29. The largest absolute Gasteiger partial charge is 0.389 e. The molecule has 1 aromatic rings. The number of rotatable bonds is 1. The summed E-state index contributed by atoms with van der Waals surface area (Å²) in [6.07, 6.45) is -0.419. The summed E-state index contributed by atoms with van der Waals surface area (Å²) in [6.45, 7) is 1.74. The zero-order valence-corrected chi connectivity index (χ0v) is 9.18. The highest BCUT2D eigenvalue weighted by atomic mass is 79.9. The van der Waals surface area contributed by atoms with E-state index in [0.29, 0.717) is 0 Å². The molecule has 3 heteroatoms. The number of benzene rings is 1. The quantitative estimate of drug-likeness (QED) is 0.837. The maximum absolute atomic E-state index is 9.25. The Morgan fingerprint density at radius 3 is 2.45 bits per heavy atom. The van der Waals surface area contributed by atoms with Gasteiger partial charge in [0.05, 0.1) is 6.10 Å². The van der Waals surface area contributed by atoms with E-state index in [1.807, 2.05) is 18.2 Å². The van der Waals surface area contributed by atoms with E-state index >= 15 is 0 Å². The van der Waals surface area contributed by atoms with E-state index in [1.165, 1.54) is 0 Å². The van der Waals surface area contributed by atoms with Crippen molar-refractivity contribution in [3.8, 4) is 0 Å². The Morgan fingerprint density at radius 2 is 2.00 bits per heavy atom. The Hall–Kier alpha value is 0.140. The number of hydrogen-bond donors (Lipinski definition) is 1. The molecular weight excluding hydrogens is 272 g/mol. The van der Waals surface area contributed by atoms with Crippen LogP contribution in [-0.4, -0.2) is 5.11 Å². The summed E-state index contributed by atoms with van der Waals surface area (Å²) >= 11 is 6.69. The van der Waals surface area contributed by atoms with Gasteiger partial charge in [-0.1, -0.05) is 37.9 Å². The Morgan fingerprint density at radius 1 is 1.36 bits per heavy atom. The van der Waals surface area contributed by atoms with Crippen molar-refractivity contribution >= 4 is 31.9 Å². The van der Waals surface area contributed by atoms with Crippen LogP contribution in [0.15, 0.2) is 27.1 Å². The molecule has 0 spiro atoms. The Bertz CT molecular complexity index is 258. The molecule has 0 aromatic heterocycles. The van der Waals surface area contributed by atoms with Crippen LogP contribution in [-0.2, 0) is 0 Å².